The van der Waals surface area contributed by atoms with E-state index in [1.54, 1.807) is 43.7 Å². The van der Waals surface area contributed by atoms with E-state index in [0.29, 0.717) is 18.7 Å². The quantitative estimate of drug-likeness (QED) is 0.818. The van der Waals surface area contributed by atoms with Crippen LogP contribution in [0, 0.1) is 0 Å². The molecular formula is C15H18N2O3S. The van der Waals surface area contributed by atoms with Crippen molar-refractivity contribution in [2.75, 3.05) is 20.7 Å². The maximum absolute atomic E-state index is 12.6. The molecule has 0 fully saturated rings. The van der Waals surface area contributed by atoms with Gasteiger partial charge in [0.15, 0.2) is 0 Å². The van der Waals surface area contributed by atoms with Crippen LogP contribution in [0.5, 0.6) is 5.75 Å². The Morgan fingerprint density at radius 3 is 2.48 bits per heavy atom. The van der Waals surface area contributed by atoms with Gasteiger partial charge in [-0.2, -0.15) is 0 Å². The molecule has 0 bridgehead atoms. The van der Waals surface area contributed by atoms with Crippen LogP contribution < -0.4 is 4.74 Å². The van der Waals surface area contributed by atoms with E-state index in [1.807, 2.05) is 12.1 Å². The fourth-order valence-electron chi connectivity index (χ4n) is 1.96. The van der Waals surface area contributed by atoms with Crippen molar-refractivity contribution in [3.8, 4) is 5.75 Å². The topological polar surface area (TPSA) is 59.5 Å². The molecular weight excluding hydrogens is 288 g/mol. The first-order chi connectivity index (χ1) is 10.1. The Morgan fingerprint density at radius 2 is 1.81 bits per heavy atom. The summed E-state index contributed by atoms with van der Waals surface area (Å²) >= 11 is 0. The van der Waals surface area contributed by atoms with Crippen LogP contribution in [0.2, 0.25) is 0 Å². The molecule has 2 rings (SSSR count). The van der Waals surface area contributed by atoms with Crippen molar-refractivity contribution in [3.05, 3.63) is 54.4 Å². The van der Waals surface area contributed by atoms with Crippen molar-refractivity contribution in [1.29, 1.82) is 0 Å². The van der Waals surface area contributed by atoms with Crippen LogP contribution in [0.4, 0.5) is 0 Å². The number of benzene rings is 1. The fourth-order valence-corrected chi connectivity index (χ4v) is 3.28. The van der Waals surface area contributed by atoms with Gasteiger partial charge in [-0.3, -0.25) is 4.98 Å². The summed E-state index contributed by atoms with van der Waals surface area (Å²) in [6, 6.07) is 10.4. The summed E-state index contributed by atoms with van der Waals surface area (Å²) in [6.45, 7) is 0.393. The van der Waals surface area contributed by atoms with Crippen molar-refractivity contribution in [2.24, 2.45) is 0 Å². The average molecular weight is 306 g/mol. The maximum atomic E-state index is 12.6. The third kappa shape index (κ3) is 3.59. The molecule has 0 saturated carbocycles. The minimum atomic E-state index is -3.56. The molecule has 0 amide bonds. The van der Waals surface area contributed by atoms with Crippen LogP contribution >= 0.6 is 0 Å². The number of hydrogen-bond acceptors (Lipinski definition) is 4. The van der Waals surface area contributed by atoms with Gasteiger partial charge >= 0.3 is 0 Å². The van der Waals surface area contributed by atoms with Gasteiger partial charge < -0.3 is 4.74 Å². The predicted molar refractivity (Wildman–Crippen MR) is 80.8 cm³/mol. The highest BCUT2D eigenvalue weighted by Gasteiger charge is 2.23. The fraction of sp³-hybridized carbons (Fsp3) is 0.267. The molecule has 2 aromatic rings. The number of hydrogen-bond donors (Lipinski definition) is 0. The molecule has 1 heterocycles. The van der Waals surface area contributed by atoms with E-state index in [1.165, 1.54) is 11.4 Å². The lowest BCUT2D eigenvalue weighted by atomic mass is 10.2. The number of rotatable bonds is 6. The van der Waals surface area contributed by atoms with Crippen LogP contribution in [0.15, 0.2) is 53.7 Å². The van der Waals surface area contributed by atoms with E-state index in [2.05, 4.69) is 4.98 Å². The second kappa shape index (κ2) is 6.69. The predicted octanol–water partition coefficient (Wildman–Crippen LogP) is 1.95. The molecule has 0 saturated heterocycles. The SMILES string of the molecule is COc1ccccc1S(=O)(=O)N(C)CCc1ccncc1. The average Bonchev–Trinajstić information content (AvgIpc) is 2.53. The third-order valence-corrected chi connectivity index (χ3v) is 5.12. The first kappa shape index (κ1) is 15.5. The Morgan fingerprint density at radius 1 is 1.14 bits per heavy atom. The van der Waals surface area contributed by atoms with E-state index in [9.17, 15) is 8.42 Å². The largest absolute Gasteiger partial charge is 0.495 e. The van der Waals surface area contributed by atoms with E-state index in [0.717, 1.165) is 5.56 Å². The lowest BCUT2D eigenvalue weighted by Crippen LogP contribution is -2.29. The van der Waals surface area contributed by atoms with Gasteiger partial charge in [0.05, 0.1) is 7.11 Å². The zero-order chi connectivity index (χ0) is 15.3. The molecule has 1 aromatic carbocycles. The highest BCUT2D eigenvalue weighted by molar-refractivity contribution is 7.89. The molecule has 0 radical (unpaired) electrons. The van der Waals surface area contributed by atoms with Crippen LogP contribution in [-0.4, -0.2) is 38.4 Å². The minimum Gasteiger partial charge on any atom is -0.495 e. The van der Waals surface area contributed by atoms with Gasteiger partial charge in [-0.05, 0) is 36.2 Å². The normalized spacial score (nSPS) is 11.6. The van der Waals surface area contributed by atoms with Crippen LogP contribution in [0.1, 0.15) is 5.56 Å². The first-order valence-electron chi connectivity index (χ1n) is 6.54. The van der Waals surface area contributed by atoms with Crippen LogP contribution in [0.3, 0.4) is 0 Å². The number of methoxy groups -OCH3 is 1. The Bertz CT molecular complexity index is 687. The van der Waals surface area contributed by atoms with Crippen LogP contribution in [0.25, 0.3) is 0 Å². The standard InChI is InChI=1S/C15H18N2O3S/c1-17(12-9-13-7-10-16-11-8-13)21(18,19)15-6-4-3-5-14(15)20-2/h3-8,10-11H,9,12H2,1-2H3. The van der Waals surface area contributed by atoms with E-state index >= 15 is 0 Å². The van der Waals surface area contributed by atoms with Gasteiger partial charge in [-0.15, -0.1) is 0 Å². The van der Waals surface area contributed by atoms with E-state index in [-0.39, 0.29) is 4.90 Å². The molecule has 21 heavy (non-hydrogen) atoms. The molecule has 5 nitrogen and oxygen atoms in total. The lowest BCUT2D eigenvalue weighted by Gasteiger charge is -2.18. The smallest absolute Gasteiger partial charge is 0.246 e. The van der Waals surface area contributed by atoms with Gasteiger partial charge in [-0.1, -0.05) is 12.1 Å². The van der Waals surface area contributed by atoms with Crippen molar-refractivity contribution in [1.82, 2.24) is 9.29 Å². The Balaban J connectivity index is 2.15. The number of para-hydroxylation sites is 1. The van der Waals surface area contributed by atoms with Gasteiger partial charge in [0.25, 0.3) is 0 Å². The molecule has 0 unspecified atom stereocenters. The van der Waals surface area contributed by atoms with Crippen molar-refractivity contribution in [2.45, 2.75) is 11.3 Å². The molecule has 0 atom stereocenters. The number of likely N-dealkylation sites (N-methyl/N-ethyl adjacent to an activating group) is 1. The maximum Gasteiger partial charge on any atom is 0.246 e. The van der Waals surface area contributed by atoms with Crippen molar-refractivity contribution in [3.63, 3.8) is 0 Å². The highest BCUT2D eigenvalue weighted by atomic mass is 32.2. The molecule has 1 aromatic heterocycles. The number of aromatic nitrogens is 1. The van der Waals surface area contributed by atoms with Crippen LogP contribution in [-0.2, 0) is 16.4 Å². The summed E-state index contributed by atoms with van der Waals surface area (Å²) in [5.74, 6) is 0.355. The summed E-state index contributed by atoms with van der Waals surface area (Å²) in [7, 11) is -0.523. The van der Waals surface area contributed by atoms with Gasteiger partial charge in [0, 0.05) is 26.0 Å². The third-order valence-electron chi connectivity index (χ3n) is 3.22. The minimum absolute atomic E-state index is 0.185. The molecule has 0 spiro atoms. The molecule has 6 heteroatoms. The zero-order valence-corrected chi connectivity index (χ0v) is 12.9. The van der Waals surface area contributed by atoms with Gasteiger partial charge in [-0.25, -0.2) is 12.7 Å². The zero-order valence-electron chi connectivity index (χ0n) is 12.1. The molecule has 0 aliphatic rings. The summed E-state index contributed by atoms with van der Waals surface area (Å²) in [6.07, 6.45) is 4.03. The molecule has 0 aliphatic carbocycles. The summed E-state index contributed by atoms with van der Waals surface area (Å²) in [4.78, 5) is 4.13. The molecule has 112 valence electrons. The second-order valence-electron chi connectivity index (χ2n) is 4.58. The Kier molecular flexibility index (Phi) is 4.93. The Hall–Kier alpha value is -1.92. The number of ether oxygens (including phenoxy) is 1. The van der Waals surface area contributed by atoms with E-state index in [4.69, 9.17) is 4.74 Å². The summed E-state index contributed by atoms with van der Waals surface area (Å²) < 4.78 is 31.6. The highest BCUT2D eigenvalue weighted by Crippen LogP contribution is 2.25. The number of sulfonamides is 1. The monoisotopic (exact) mass is 306 g/mol. The first-order valence-corrected chi connectivity index (χ1v) is 7.98. The second-order valence-corrected chi connectivity index (χ2v) is 6.60. The summed E-state index contributed by atoms with van der Waals surface area (Å²) in [5, 5.41) is 0. The molecule has 0 N–H and O–H groups in total. The molecule has 0 aliphatic heterocycles. The number of pyridine rings is 1. The number of nitrogens with zero attached hydrogens (tertiary/aromatic N) is 2. The van der Waals surface area contributed by atoms with Crippen molar-refractivity contribution < 1.29 is 13.2 Å². The summed E-state index contributed by atoms with van der Waals surface area (Å²) in [5.41, 5.74) is 1.05. The van der Waals surface area contributed by atoms with E-state index < -0.39 is 10.0 Å². The lowest BCUT2D eigenvalue weighted by molar-refractivity contribution is 0.398. The Labute approximate surface area is 125 Å². The van der Waals surface area contributed by atoms with Gasteiger partial charge in [0.2, 0.25) is 10.0 Å². The van der Waals surface area contributed by atoms with Crippen molar-refractivity contribution >= 4 is 10.0 Å². The van der Waals surface area contributed by atoms with Gasteiger partial charge in [0.1, 0.15) is 10.6 Å².